The minimum atomic E-state index is -0.833. The van der Waals surface area contributed by atoms with Crippen LogP contribution in [0.25, 0.3) is 0 Å². The maximum absolute atomic E-state index is 9.00. The van der Waals surface area contributed by atoms with Crippen molar-refractivity contribution in [1.82, 2.24) is 4.90 Å². The van der Waals surface area contributed by atoms with Gasteiger partial charge in [0.1, 0.15) is 17.0 Å². The molecule has 37 heavy (non-hydrogen) atoms. The lowest BCUT2D eigenvalue weighted by molar-refractivity contribution is -0.191. The molecule has 3 aliphatic rings. The number of halogens is 1. The third-order valence-corrected chi connectivity index (χ3v) is 6.91. The van der Waals surface area contributed by atoms with Gasteiger partial charge < -0.3 is 14.7 Å². The van der Waals surface area contributed by atoms with Crippen LogP contribution in [0, 0.1) is 0 Å². The summed E-state index contributed by atoms with van der Waals surface area (Å²) in [5, 5.41) is 12.7. The molecule has 0 radical (unpaired) electrons. The van der Waals surface area contributed by atoms with Gasteiger partial charge in [0, 0.05) is 56.4 Å². The number of rotatable bonds is 3. The van der Waals surface area contributed by atoms with Crippen molar-refractivity contribution in [3.05, 3.63) is 64.2 Å². The summed E-state index contributed by atoms with van der Waals surface area (Å²) in [6, 6.07) is 14.5. The molecule has 0 amide bonds. The summed E-state index contributed by atoms with van der Waals surface area (Å²) in [6.45, 7) is 8.26. The lowest BCUT2D eigenvalue weighted by Gasteiger charge is -2.38. The van der Waals surface area contributed by atoms with Crippen LogP contribution in [0.5, 0.6) is 5.75 Å². The van der Waals surface area contributed by atoms with Crippen molar-refractivity contribution in [2.45, 2.75) is 70.6 Å². The van der Waals surface area contributed by atoms with Gasteiger partial charge >= 0.3 is 6.15 Å². The van der Waals surface area contributed by atoms with Gasteiger partial charge in [0.2, 0.25) is 0 Å². The molecule has 0 bridgehead atoms. The molecule has 198 valence electrons. The zero-order chi connectivity index (χ0) is 27.1. The van der Waals surface area contributed by atoms with E-state index in [4.69, 9.17) is 40.7 Å². The van der Waals surface area contributed by atoms with Gasteiger partial charge in [-0.25, -0.2) is 0 Å². The number of carboxylic acid groups (broad SMARTS) is 1. The average Bonchev–Trinajstić information content (AvgIpc) is 3.25. The molecule has 3 heterocycles. The number of fused-ring (bicyclic) bond motifs is 1. The van der Waals surface area contributed by atoms with Crippen molar-refractivity contribution in [3.8, 4) is 5.75 Å². The number of ether oxygens (including phenoxy) is 1. The van der Waals surface area contributed by atoms with Crippen LogP contribution in [-0.2, 0) is 32.2 Å². The molecule has 0 saturated carbocycles. The van der Waals surface area contributed by atoms with E-state index in [0.29, 0.717) is 0 Å². The predicted molar refractivity (Wildman–Crippen MR) is 139 cm³/mol. The van der Waals surface area contributed by atoms with Crippen LogP contribution in [-0.4, -0.2) is 52.1 Å². The number of likely N-dealkylation sites (tertiary alicyclic amines) is 1. The van der Waals surface area contributed by atoms with Gasteiger partial charge in [-0.05, 0) is 49.9 Å². The molecule has 2 aromatic carbocycles. The number of aryl methyl sites for hydroxylation is 1. The smallest absolute Gasteiger partial charge is 0.373 e. The highest BCUT2D eigenvalue weighted by atomic mass is 35.5. The largest absolute Gasteiger partial charge is 0.487 e. The van der Waals surface area contributed by atoms with Crippen LogP contribution in [0.15, 0.2) is 47.6 Å². The van der Waals surface area contributed by atoms with Crippen LogP contribution in [0.1, 0.15) is 63.1 Å². The molecule has 8 nitrogen and oxygen atoms in total. The molecule has 0 aliphatic carbocycles. The second-order valence-electron chi connectivity index (χ2n) is 10.1. The first-order valence-corrected chi connectivity index (χ1v) is 12.7. The molecule has 9 heteroatoms. The number of carboxylic acids is 1. The number of nitrogens with zero attached hydrogens (tertiary/aromatic N) is 2. The van der Waals surface area contributed by atoms with Crippen molar-refractivity contribution >= 4 is 29.4 Å². The molecular weight excluding hydrogens is 496 g/mol. The number of hydrogen-bond acceptors (Lipinski definition) is 7. The number of carbonyl (C=O) groups is 1. The fraction of sp³-hybridized carbons (Fsp3) is 0.464. The summed E-state index contributed by atoms with van der Waals surface area (Å²) in [4.78, 5) is 33.7. The Bertz CT molecular complexity index is 1150. The van der Waals surface area contributed by atoms with E-state index < -0.39 is 5.97 Å². The maximum atomic E-state index is 9.00. The molecule has 5 rings (SSSR count). The highest BCUT2D eigenvalue weighted by molar-refractivity contribution is 6.30. The third-order valence-electron chi connectivity index (χ3n) is 6.69. The first-order chi connectivity index (χ1) is 17.6. The summed E-state index contributed by atoms with van der Waals surface area (Å²) in [7, 11) is 0. The number of hydrogen-bond donors (Lipinski definition) is 1. The van der Waals surface area contributed by atoms with Crippen LogP contribution >= 0.6 is 11.6 Å². The topological polar surface area (TPSA) is 106 Å². The van der Waals surface area contributed by atoms with E-state index in [0.717, 1.165) is 75.1 Å². The summed E-state index contributed by atoms with van der Waals surface area (Å²) in [5.74, 6) is 0.211. The fourth-order valence-electron chi connectivity index (χ4n) is 4.84. The van der Waals surface area contributed by atoms with Crippen molar-refractivity contribution in [3.63, 3.8) is 0 Å². The summed E-state index contributed by atoms with van der Waals surface area (Å²) in [5.41, 5.74) is 4.42. The van der Waals surface area contributed by atoms with E-state index >= 15 is 0 Å². The van der Waals surface area contributed by atoms with Crippen molar-refractivity contribution < 1.29 is 29.1 Å². The predicted octanol–water partition coefficient (Wildman–Crippen LogP) is 5.11. The molecule has 3 aliphatic heterocycles. The Morgan fingerprint density at radius 3 is 2.38 bits per heavy atom. The minimum absolute atomic E-state index is 0.121. The Morgan fingerprint density at radius 2 is 1.76 bits per heavy atom. The first kappa shape index (κ1) is 28.4. The molecule has 0 aromatic heterocycles. The Morgan fingerprint density at radius 1 is 1.14 bits per heavy atom. The minimum Gasteiger partial charge on any atom is -0.487 e. The normalized spacial score (nSPS) is 18.9. The average molecular weight is 529 g/mol. The fourth-order valence-corrected chi connectivity index (χ4v) is 5.11. The van der Waals surface area contributed by atoms with Crippen molar-refractivity contribution in [2.75, 3.05) is 13.1 Å². The molecule has 1 N–H and O–H groups in total. The molecule has 1 spiro atoms. The van der Waals surface area contributed by atoms with Gasteiger partial charge in [-0.1, -0.05) is 47.1 Å². The van der Waals surface area contributed by atoms with E-state index in [1.165, 1.54) is 16.7 Å². The van der Waals surface area contributed by atoms with Gasteiger partial charge in [-0.3, -0.25) is 9.69 Å². The highest BCUT2D eigenvalue weighted by Crippen LogP contribution is 2.40. The SMILES string of the molecule is CC(=O)O.CC1(C)CCc2cc(Cl)cc(CN3CCC4(CC3)CC(c3ccccc3)=NO4)c2O1.O=C=O. The Kier molecular flexibility index (Phi) is 9.49. The zero-order valence-corrected chi connectivity index (χ0v) is 22.2. The van der Waals surface area contributed by atoms with Gasteiger partial charge in [0.15, 0.2) is 0 Å². The van der Waals surface area contributed by atoms with Crippen LogP contribution < -0.4 is 4.74 Å². The lowest BCUT2D eigenvalue weighted by Crippen LogP contribution is -2.44. The van der Waals surface area contributed by atoms with Crippen molar-refractivity contribution in [2.24, 2.45) is 5.16 Å². The van der Waals surface area contributed by atoms with Gasteiger partial charge in [-0.2, -0.15) is 9.59 Å². The lowest BCUT2D eigenvalue weighted by atomic mass is 9.85. The second-order valence-corrected chi connectivity index (χ2v) is 10.6. The maximum Gasteiger partial charge on any atom is 0.373 e. The molecule has 0 atom stereocenters. The number of aliphatic carboxylic acids is 1. The summed E-state index contributed by atoms with van der Waals surface area (Å²) >= 11 is 6.43. The van der Waals surface area contributed by atoms with E-state index in [-0.39, 0.29) is 17.4 Å². The standard InChI is InChI=1S/C25H29ClN2O2.C2H4O2.CO2/c1-24(2)9-8-19-14-21(26)15-20(23(19)29-24)17-28-12-10-25(11-13-28)16-22(27-30-25)18-6-4-3-5-7-18;1-2(3)4;2-1-3/h3-7,14-15H,8-13,16-17H2,1-2H3;1H3,(H,3,4);. The number of oxime groups is 1. The van der Waals surface area contributed by atoms with Crippen LogP contribution in [0.3, 0.4) is 0 Å². The molecule has 2 aromatic rings. The van der Waals surface area contributed by atoms with Crippen LogP contribution in [0.2, 0.25) is 5.02 Å². The number of piperidine rings is 1. The molecule has 1 saturated heterocycles. The first-order valence-electron chi connectivity index (χ1n) is 12.3. The van der Waals surface area contributed by atoms with Gasteiger partial charge in [-0.15, -0.1) is 0 Å². The van der Waals surface area contributed by atoms with Crippen molar-refractivity contribution in [1.29, 1.82) is 0 Å². The monoisotopic (exact) mass is 528 g/mol. The molecular formula is C28H33ClN2O6. The second kappa shape index (κ2) is 12.4. The number of benzene rings is 2. The zero-order valence-electron chi connectivity index (χ0n) is 21.5. The van der Waals surface area contributed by atoms with E-state index in [1.807, 2.05) is 6.07 Å². The van der Waals surface area contributed by atoms with Crippen LogP contribution in [0.4, 0.5) is 0 Å². The summed E-state index contributed by atoms with van der Waals surface area (Å²) < 4.78 is 6.37. The van der Waals surface area contributed by atoms with E-state index in [1.54, 1.807) is 0 Å². The Labute approximate surface area is 222 Å². The highest BCUT2D eigenvalue weighted by Gasteiger charge is 2.42. The van der Waals surface area contributed by atoms with E-state index in [9.17, 15) is 0 Å². The molecule has 1 fully saturated rings. The van der Waals surface area contributed by atoms with Gasteiger partial charge in [0.05, 0.1) is 5.71 Å². The van der Waals surface area contributed by atoms with E-state index in [2.05, 4.69) is 60.3 Å². The third kappa shape index (κ3) is 7.89. The quantitative estimate of drug-likeness (QED) is 0.590. The summed E-state index contributed by atoms with van der Waals surface area (Å²) in [6.07, 6.45) is 5.16. The Balaban J connectivity index is 0.000000488. The van der Waals surface area contributed by atoms with Gasteiger partial charge in [0.25, 0.3) is 5.97 Å². The number of carbonyl (C=O) groups excluding carboxylic acids is 2. The molecule has 0 unspecified atom stereocenters. The Hall–Kier alpha value is -3.19.